The summed E-state index contributed by atoms with van der Waals surface area (Å²) in [6, 6.07) is 9.62. The van der Waals surface area contributed by atoms with Crippen LogP contribution in [-0.4, -0.2) is 60.8 Å². The van der Waals surface area contributed by atoms with Crippen molar-refractivity contribution < 1.29 is 19.1 Å². The predicted octanol–water partition coefficient (Wildman–Crippen LogP) is 3.81. The molecule has 0 aliphatic heterocycles. The summed E-state index contributed by atoms with van der Waals surface area (Å²) in [6.45, 7) is 4.80. The minimum atomic E-state index is -0.240. The summed E-state index contributed by atoms with van der Waals surface area (Å²) in [7, 11) is 3.20. The van der Waals surface area contributed by atoms with Crippen molar-refractivity contribution >= 4 is 34.8 Å². The number of benzene rings is 1. The summed E-state index contributed by atoms with van der Waals surface area (Å²) in [5, 5.41) is 1.99. The van der Waals surface area contributed by atoms with E-state index in [9.17, 15) is 9.59 Å². The molecule has 2 rings (SSSR count). The van der Waals surface area contributed by atoms with Gasteiger partial charge in [-0.25, -0.2) is 0 Å². The van der Waals surface area contributed by atoms with Gasteiger partial charge in [0.2, 0.25) is 11.8 Å². The second-order valence-electron chi connectivity index (χ2n) is 7.08. The number of halogens is 1. The largest absolute Gasteiger partial charge is 0.493 e. The minimum Gasteiger partial charge on any atom is -0.493 e. The molecular weight excluding hydrogens is 424 g/mol. The molecule has 30 heavy (non-hydrogen) atoms. The van der Waals surface area contributed by atoms with Gasteiger partial charge in [-0.1, -0.05) is 12.1 Å². The molecule has 0 saturated heterocycles. The third-order valence-corrected chi connectivity index (χ3v) is 5.85. The average molecular weight is 453 g/mol. The Hall–Kier alpha value is -2.25. The van der Waals surface area contributed by atoms with Crippen molar-refractivity contribution in [3.05, 3.63) is 46.2 Å². The number of hydrogen-bond acceptors (Lipinski definition) is 5. The summed E-state index contributed by atoms with van der Waals surface area (Å²) < 4.78 is 10.7. The highest BCUT2D eigenvalue weighted by Gasteiger charge is 2.23. The van der Waals surface area contributed by atoms with Crippen LogP contribution in [0.25, 0.3) is 0 Å². The topological polar surface area (TPSA) is 59.1 Å². The zero-order valence-electron chi connectivity index (χ0n) is 17.9. The van der Waals surface area contributed by atoms with E-state index < -0.39 is 0 Å². The monoisotopic (exact) mass is 452 g/mol. The van der Waals surface area contributed by atoms with E-state index >= 15 is 0 Å². The Kier molecular flexibility index (Phi) is 9.46. The van der Waals surface area contributed by atoms with Gasteiger partial charge in [-0.3, -0.25) is 9.59 Å². The number of thiophene rings is 1. The van der Waals surface area contributed by atoms with E-state index in [1.54, 1.807) is 30.5 Å². The molecule has 0 bridgehead atoms. The van der Waals surface area contributed by atoms with Crippen LogP contribution in [0.3, 0.4) is 0 Å². The van der Waals surface area contributed by atoms with Gasteiger partial charge in [-0.2, -0.15) is 0 Å². The van der Waals surface area contributed by atoms with E-state index in [4.69, 9.17) is 21.1 Å². The Morgan fingerprint density at radius 1 is 1.10 bits per heavy atom. The Morgan fingerprint density at radius 2 is 1.83 bits per heavy atom. The lowest BCUT2D eigenvalue weighted by molar-refractivity contribution is -0.141. The number of amides is 2. The minimum absolute atomic E-state index is 0.0144. The van der Waals surface area contributed by atoms with Gasteiger partial charge in [0.1, 0.15) is 12.4 Å². The molecule has 0 atom stereocenters. The first kappa shape index (κ1) is 24.0. The number of methoxy groups -OCH3 is 2. The van der Waals surface area contributed by atoms with Crippen molar-refractivity contribution in [2.45, 2.75) is 32.9 Å². The highest BCUT2D eigenvalue weighted by molar-refractivity contribution is 7.09. The molecule has 0 unspecified atom stereocenters. The number of ether oxygens (including phenoxy) is 2. The predicted molar refractivity (Wildman–Crippen MR) is 121 cm³/mol. The van der Waals surface area contributed by atoms with Crippen molar-refractivity contribution in [2.75, 3.05) is 33.2 Å². The molecule has 1 heterocycles. The smallest absolute Gasteiger partial charge is 0.242 e. The van der Waals surface area contributed by atoms with Crippen molar-refractivity contribution in [3.63, 3.8) is 0 Å². The zero-order valence-corrected chi connectivity index (χ0v) is 19.5. The highest BCUT2D eigenvalue weighted by atomic mass is 35.5. The molecule has 2 aromatic rings. The molecule has 0 N–H and O–H groups in total. The van der Waals surface area contributed by atoms with E-state index in [-0.39, 0.29) is 30.3 Å². The second kappa shape index (κ2) is 11.8. The van der Waals surface area contributed by atoms with Crippen LogP contribution >= 0.6 is 22.9 Å². The Balaban J connectivity index is 2.14. The molecule has 2 amide bonds. The molecule has 6 nitrogen and oxygen atoms in total. The summed E-state index contributed by atoms with van der Waals surface area (Å²) in [4.78, 5) is 29.6. The van der Waals surface area contributed by atoms with Gasteiger partial charge in [0, 0.05) is 17.5 Å². The second-order valence-corrected chi connectivity index (χ2v) is 8.38. The van der Waals surface area contributed by atoms with Crippen LogP contribution in [0, 0.1) is 0 Å². The quantitative estimate of drug-likeness (QED) is 0.486. The highest BCUT2D eigenvalue weighted by Crippen LogP contribution is 2.28. The standard InChI is InChI=1S/C22H29ClN2O4S/c1-16(2)25(21(26)13-23)15-22(27)24(14-18-6-5-11-30-18)10-9-17-7-8-19(28-3)20(12-17)29-4/h5-8,11-12,16H,9-10,13-15H2,1-4H3. The zero-order chi connectivity index (χ0) is 22.1. The SMILES string of the molecule is COc1ccc(CCN(Cc2cccs2)C(=O)CN(C(=O)CCl)C(C)C)cc1OC. The number of nitrogens with zero attached hydrogens (tertiary/aromatic N) is 2. The van der Waals surface area contributed by atoms with Crippen LogP contribution < -0.4 is 9.47 Å². The van der Waals surface area contributed by atoms with Crippen LogP contribution in [0.1, 0.15) is 24.3 Å². The van der Waals surface area contributed by atoms with Crippen LogP contribution in [0.5, 0.6) is 11.5 Å². The lowest BCUT2D eigenvalue weighted by Crippen LogP contribution is -2.46. The first-order valence-electron chi connectivity index (χ1n) is 9.76. The summed E-state index contributed by atoms with van der Waals surface area (Å²) in [6.07, 6.45) is 0.655. The number of alkyl halides is 1. The van der Waals surface area contributed by atoms with Crippen LogP contribution in [-0.2, 0) is 22.6 Å². The maximum atomic E-state index is 13.1. The van der Waals surface area contributed by atoms with Gasteiger partial charge in [0.15, 0.2) is 11.5 Å². The first-order valence-corrected chi connectivity index (χ1v) is 11.2. The molecule has 0 radical (unpaired) electrons. The van der Waals surface area contributed by atoms with Crippen LogP contribution in [0.4, 0.5) is 0 Å². The maximum absolute atomic E-state index is 13.1. The van der Waals surface area contributed by atoms with Gasteiger partial charge in [0.25, 0.3) is 0 Å². The summed E-state index contributed by atoms with van der Waals surface area (Å²) in [5.74, 6) is 0.846. The fourth-order valence-electron chi connectivity index (χ4n) is 3.06. The van der Waals surface area contributed by atoms with Crippen molar-refractivity contribution in [2.24, 2.45) is 0 Å². The van der Waals surface area contributed by atoms with Crippen molar-refractivity contribution in [1.29, 1.82) is 0 Å². The molecule has 0 saturated carbocycles. The van der Waals surface area contributed by atoms with Gasteiger partial charge in [-0.15, -0.1) is 22.9 Å². The molecular formula is C22H29ClN2O4S. The average Bonchev–Trinajstić information content (AvgIpc) is 3.26. The number of carbonyl (C=O) groups is 2. The Morgan fingerprint density at radius 3 is 2.40 bits per heavy atom. The molecule has 0 aliphatic carbocycles. The fourth-order valence-corrected chi connectivity index (χ4v) is 3.94. The molecule has 164 valence electrons. The Labute approximate surface area is 187 Å². The third-order valence-electron chi connectivity index (χ3n) is 4.76. The first-order chi connectivity index (χ1) is 14.4. The van der Waals surface area contributed by atoms with Gasteiger partial charge >= 0.3 is 0 Å². The Bertz CT molecular complexity index is 827. The van der Waals surface area contributed by atoms with E-state index in [0.29, 0.717) is 31.0 Å². The van der Waals surface area contributed by atoms with Crippen LogP contribution in [0.2, 0.25) is 0 Å². The van der Waals surface area contributed by atoms with E-state index in [1.807, 2.05) is 49.6 Å². The van der Waals surface area contributed by atoms with Gasteiger partial charge in [-0.05, 0) is 49.4 Å². The number of hydrogen-bond donors (Lipinski definition) is 0. The molecule has 0 aliphatic rings. The number of carbonyl (C=O) groups excluding carboxylic acids is 2. The molecule has 0 fully saturated rings. The summed E-state index contributed by atoms with van der Waals surface area (Å²) >= 11 is 7.33. The fraction of sp³-hybridized carbons (Fsp3) is 0.455. The van der Waals surface area contributed by atoms with E-state index in [1.165, 1.54) is 4.90 Å². The van der Waals surface area contributed by atoms with Crippen molar-refractivity contribution in [1.82, 2.24) is 9.80 Å². The van der Waals surface area contributed by atoms with Gasteiger partial charge in [0.05, 0.1) is 20.8 Å². The molecule has 0 spiro atoms. The van der Waals surface area contributed by atoms with Crippen molar-refractivity contribution in [3.8, 4) is 11.5 Å². The molecule has 1 aromatic heterocycles. The molecule has 1 aromatic carbocycles. The molecule has 8 heteroatoms. The third kappa shape index (κ3) is 6.64. The lowest BCUT2D eigenvalue weighted by atomic mass is 10.1. The van der Waals surface area contributed by atoms with E-state index in [0.717, 1.165) is 10.4 Å². The van der Waals surface area contributed by atoms with Crippen LogP contribution in [0.15, 0.2) is 35.7 Å². The maximum Gasteiger partial charge on any atom is 0.242 e. The number of rotatable bonds is 11. The van der Waals surface area contributed by atoms with Gasteiger partial charge < -0.3 is 19.3 Å². The lowest BCUT2D eigenvalue weighted by Gasteiger charge is -2.29. The van der Waals surface area contributed by atoms with E-state index in [2.05, 4.69) is 0 Å². The normalized spacial score (nSPS) is 10.7. The summed E-state index contributed by atoms with van der Waals surface area (Å²) in [5.41, 5.74) is 1.04.